The molecule has 26 heavy (non-hydrogen) atoms. The van der Waals surface area contributed by atoms with Crippen molar-refractivity contribution in [3.63, 3.8) is 0 Å². The van der Waals surface area contributed by atoms with Gasteiger partial charge in [-0.3, -0.25) is 14.4 Å². The molecule has 2 heterocycles. The first kappa shape index (κ1) is 18.3. The van der Waals surface area contributed by atoms with Crippen LogP contribution in [-0.4, -0.2) is 72.9 Å². The molecular weight excluding hydrogens is 364 g/mol. The number of rotatable bonds is 4. The van der Waals surface area contributed by atoms with E-state index in [2.05, 4.69) is 0 Å². The molecule has 1 atom stereocenters. The second-order valence-electron chi connectivity index (χ2n) is 6.03. The van der Waals surface area contributed by atoms with Crippen molar-refractivity contribution in [3.05, 3.63) is 29.3 Å². The molecule has 9 nitrogen and oxygen atoms in total. The average molecular weight is 382 g/mol. The fourth-order valence-corrected chi connectivity index (χ4v) is 4.73. The molecule has 0 saturated carbocycles. The van der Waals surface area contributed by atoms with Crippen molar-refractivity contribution in [3.8, 4) is 0 Å². The predicted molar refractivity (Wildman–Crippen MR) is 88.2 cm³/mol. The van der Waals surface area contributed by atoms with Crippen LogP contribution in [0.3, 0.4) is 0 Å². The molecule has 1 aromatic rings. The van der Waals surface area contributed by atoms with Crippen LogP contribution in [0.4, 0.5) is 0 Å². The van der Waals surface area contributed by atoms with E-state index in [4.69, 9.17) is 9.84 Å². The quantitative estimate of drug-likeness (QED) is 0.787. The molecule has 2 amide bonds. The largest absolute Gasteiger partial charge is 0.481 e. The summed E-state index contributed by atoms with van der Waals surface area (Å²) in [7, 11) is -3.95. The molecule has 1 N–H and O–H groups in total. The van der Waals surface area contributed by atoms with E-state index < -0.39 is 33.9 Å². The molecule has 0 radical (unpaired) electrons. The highest BCUT2D eigenvalue weighted by Gasteiger charge is 2.40. The van der Waals surface area contributed by atoms with E-state index in [1.807, 2.05) is 0 Å². The Hall–Kier alpha value is -2.46. The third-order valence-corrected chi connectivity index (χ3v) is 6.27. The molecule has 1 aromatic carbocycles. The van der Waals surface area contributed by atoms with Crippen molar-refractivity contribution >= 4 is 27.8 Å². The zero-order valence-corrected chi connectivity index (χ0v) is 14.9. The lowest BCUT2D eigenvalue weighted by molar-refractivity contribution is -0.141. The number of carbonyl (C=O) groups excluding carboxylic acids is 2. The summed E-state index contributed by atoms with van der Waals surface area (Å²) in [6.45, 7) is 2.16. The first-order chi connectivity index (χ1) is 12.3. The number of ether oxygens (including phenoxy) is 1. The fraction of sp³-hybridized carbons (Fsp3) is 0.438. The second kappa shape index (κ2) is 6.69. The highest BCUT2D eigenvalue weighted by Crippen LogP contribution is 2.31. The van der Waals surface area contributed by atoms with Crippen LogP contribution in [0.25, 0.3) is 0 Å². The summed E-state index contributed by atoms with van der Waals surface area (Å²) in [5.41, 5.74) is 0.184. The van der Waals surface area contributed by atoms with Crippen LogP contribution in [0.15, 0.2) is 23.1 Å². The van der Waals surface area contributed by atoms with Gasteiger partial charge in [0.05, 0.1) is 24.7 Å². The number of benzene rings is 1. The number of carboxylic acids is 1. The van der Waals surface area contributed by atoms with Gasteiger partial charge < -0.3 is 14.7 Å². The maximum absolute atomic E-state index is 12.7. The van der Waals surface area contributed by atoms with Gasteiger partial charge in [-0.05, 0) is 25.1 Å². The zero-order chi connectivity index (χ0) is 19.1. The SMILES string of the molecule is CCN1C(=O)c2ccc(C(=O)N3CCOC(CC(=O)O)C3)cc2S1(=O)=O. The zero-order valence-electron chi connectivity index (χ0n) is 14.0. The number of nitrogens with zero attached hydrogens (tertiary/aromatic N) is 2. The van der Waals surface area contributed by atoms with Crippen molar-refractivity contribution in [1.82, 2.24) is 9.21 Å². The van der Waals surface area contributed by atoms with E-state index in [0.717, 1.165) is 4.31 Å². The Balaban J connectivity index is 1.87. The van der Waals surface area contributed by atoms with Crippen LogP contribution in [0.1, 0.15) is 34.1 Å². The van der Waals surface area contributed by atoms with Gasteiger partial charge in [0.1, 0.15) is 4.90 Å². The van der Waals surface area contributed by atoms with Gasteiger partial charge in [0.25, 0.3) is 21.8 Å². The summed E-state index contributed by atoms with van der Waals surface area (Å²) in [5.74, 6) is -2.05. The molecule has 1 fully saturated rings. The second-order valence-corrected chi connectivity index (χ2v) is 7.86. The molecule has 0 aliphatic carbocycles. The van der Waals surface area contributed by atoms with E-state index in [1.165, 1.54) is 23.1 Å². The van der Waals surface area contributed by atoms with Gasteiger partial charge in [0, 0.05) is 25.2 Å². The highest BCUT2D eigenvalue weighted by molar-refractivity contribution is 7.90. The van der Waals surface area contributed by atoms with Crippen LogP contribution in [0, 0.1) is 0 Å². The molecule has 0 aromatic heterocycles. The van der Waals surface area contributed by atoms with Gasteiger partial charge in [0.15, 0.2) is 0 Å². The Morgan fingerprint density at radius 2 is 2.08 bits per heavy atom. The van der Waals surface area contributed by atoms with Crippen molar-refractivity contribution in [2.24, 2.45) is 0 Å². The number of carbonyl (C=O) groups is 3. The van der Waals surface area contributed by atoms with Gasteiger partial charge in [0.2, 0.25) is 0 Å². The van der Waals surface area contributed by atoms with Crippen molar-refractivity contribution in [2.45, 2.75) is 24.3 Å². The van der Waals surface area contributed by atoms with E-state index in [9.17, 15) is 22.8 Å². The Bertz CT molecular complexity index is 881. The predicted octanol–water partition coefficient (Wildman–Crippen LogP) is 0.167. The van der Waals surface area contributed by atoms with E-state index >= 15 is 0 Å². The molecule has 140 valence electrons. The summed E-state index contributed by atoms with van der Waals surface area (Å²) in [5, 5.41) is 8.86. The van der Waals surface area contributed by atoms with Gasteiger partial charge in [-0.15, -0.1) is 0 Å². The Morgan fingerprint density at radius 1 is 1.35 bits per heavy atom. The first-order valence-electron chi connectivity index (χ1n) is 8.09. The summed E-state index contributed by atoms with van der Waals surface area (Å²) in [6, 6.07) is 3.96. The normalized spacial score (nSPS) is 21.6. The number of morpholine rings is 1. The first-order valence-corrected chi connectivity index (χ1v) is 9.53. The maximum Gasteiger partial charge on any atom is 0.306 e. The van der Waals surface area contributed by atoms with Crippen LogP contribution in [-0.2, 0) is 19.6 Å². The third kappa shape index (κ3) is 3.06. The summed E-state index contributed by atoms with van der Waals surface area (Å²) in [4.78, 5) is 36.9. The molecular formula is C16H18N2O7S. The number of fused-ring (bicyclic) bond motifs is 1. The molecule has 0 bridgehead atoms. The molecule has 3 rings (SSSR count). The van der Waals surface area contributed by atoms with Crippen LogP contribution < -0.4 is 0 Å². The highest BCUT2D eigenvalue weighted by atomic mass is 32.2. The van der Waals surface area contributed by atoms with Crippen molar-refractivity contribution < 1.29 is 32.6 Å². The molecule has 10 heteroatoms. The summed E-state index contributed by atoms with van der Waals surface area (Å²) >= 11 is 0. The standard InChI is InChI=1S/C16H18N2O7S/c1-2-18-16(22)12-4-3-10(7-13(12)26(18,23)24)15(21)17-5-6-25-11(9-17)8-14(19)20/h3-4,7,11H,2,5-6,8-9H2,1H3,(H,19,20). The lowest BCUT2D eigenvalue weighted by Gasteiger charge is -2.32. The number of hydrogen-bond donors (Lipinski definition) is 1. The minimum atomic E-state index is -3.95. The Labute approximate surface area is 150 Å². The molecule has 2 aliphatic rings. The minimum absolute atomic E-state index is 0.0134. The molecule has 1 saturated heterocycles. The smallest absolute Gasteiger partial charge is 0.306 e. The van der Waals surface area contributed by atoms with Crippen molar-refractivity contribution in [1.29, 1.82) is 0 Å². The number of amides is 2. The topological polar surface area (TPSA) is 121 Å². The Morgan fingerprint density at radius 3 is 2.73 bits per heavy atom. The van der Waals surface area contributed by atoms with Gasteiger partial charge >= 0.3 is 5.97 Å². The molecule has 0 spiro atoms. The van der Waals surface area contributed by atoms with Gasteiger partial charge in [-0.1, -0.05) is 0 Å². The lowest BCUT2D eigenvalue weighted by Crippen LogP contribution is -2.46. The number of hydrogen-bond acceptors (Lipinski definition) is 6. The van der Waals surface area contributed by atoms with Crippen LogP contribution >= 0.6 is 0 Å². The van der Waals surface area contributed by atoms with Gasteiger partial charge in [-0.2, -0.15) is 0 Å². The fourth-order valence-electron chi connectivity index (χ4n) is 3.13. The third-order valence-electron chi connectivity index (χ3n) is 4.37. The van der Waals surface area contributed by atoms with Crippen LogP contribution in [0.5, 0.6) is 0 Å². The average Bonchev–Trinajstić information content (AvgIpc) is 2.79. The number of carboxylic acid groups (broad SMARTS) is 1. The van der Waals surface area contributed by atoms with Gasteiger partial charge in [-0.25, -0.2) is 12.7 Å². The van der Waals surface area contributed by atoms with E-state index in [-0.39, 0.29) is 48.7 Å². The lowest BCUT2D eigenvalue weighted by atomic mass is 10.1. The summed E-state index contributed by atoms with van der Waals surface area (Å²) in [6.07, 6.45) is -0.831. The maximum atomic E-state index is 12.7. The molecule has 2 aliphatic heterocycles. The number of aliphatic carboxylic acids is 1. The molecule has 1 unspecified atom stereocenters. The van der Waals surface area contributed by atoms with Crippen molar-refractivity contribution in [2.75, 3.05) is 26.2 Å². The van der Waals surface area contributed by atoms with E-state index in [1.54, 1.807) is 6.92 Å². The van der Waals surface area contributed by atoms with E-state index in [0.29, 0.717) is 0 Å². The monoisotopic (exact) mass is 382 g/mol. The number of sulfonamides is 1. The van der Waals surface area contributed by atoms with Crippen LogP contribution in [0.2, 0.25) is 0 Å². The Kier molecular flexibility index (Phi) is 4.72. The summed E-state index contributed by atoms with van der Waals surface area (Å²) < 4.78 is 31.0. The minimum Gasteiger partial charge on any atom is -0.481 e.